The number of nitrogens with one attached hydrogen (secondary N) is 3. The fourth-order valence-corrected chi connectivity index (χ4v) is 15.0. The van der Waals surface area contributed by atoms with Crippen molar-refractivity contribution in [2.75, 3.05) is 99.3 Å². The highest BCUT2D eigenvalue weighted by Crippen LogP contribution is 2.54. The molecule has 3 amide bonds. The van der Waals surface area contributed by atoms with Gasteiger partial charge in [0.05, 0.1) is 28.5 Å². The van der Waals surface area contributed by atoms with Crippen LogP contribution in [-0.2, 0) is 33.5 Å². The molecule has 0 bridgehead atoms. The Balaban J connectivity index is 0.746. The molecule has 7 heterocycles. The van der Waals surface area contributed by atoms with E-state index in [2.05, 4.69) is 102 Å². The Morgan fingerprint density at radius 2 is 1.69 bits per heavy atom. The highest BCUT2D eigenvalue weighted by Gasteiger charge is 2.40. The number of amides is 3. The molecule has 1 unspecified atom stereocenters. The first-order valence-corrected chi connectivity index (χ1v) is 28.3. The maximum absolute atomic E-state index is 14.5. The molecule has 374 valence electrons. The van der Waals surface area contributed by atoms with Crippen LogP contribution >= 0.6 is 23.1 Å². The zero-order chi connectivity index (χ0) is 49.4. The van der Waals surface area contributed by atoms with Gasteiger partial charge in [0.25, 0.3) is 5.91 Å². The molecule has 5 aromatic rings. The minimum atomic E-state index is -2.64. The molecular formula is C53H65BrN11O5P. The Morgan fingerprint density at radius 3 is 2.42 bits per heavy atom. The molecule has 0 aliphatic carbocycles. The second kappa shape index (κ2) is 20.9. The van der Waals surface area contributed by atoms with Gasteiger partial charge >= 0.3 is 0 Å². The fraction of sp³-hybridized carbons (Fsp3) is 0.472. The highest BCUT2D eigenvalue weighted by molar-refractivity contribution is 9.10. The molecule has 0 spiro atoms. The quantitative estimate of drug-likeness (QED) is 0.0690. The smallest absolute Gasteiger partial charge is 0.255 e. The van der Waals surface area contributed by atoms with E-state index in [0.29, 0.717) is 53.1 Å². The second-order valence-corrected chi connectivity index (χ2v) is 23.6. The van der Waals surface area contributed by atoms with Crippen LogP contribution < -0.4 is 35.8 Å². The predicted octanol–water partition coefficient (Wildman–Crippen LogP) is 7.67. The third-order valence-electron chi connectivity index (χ3n) is 15.4. The van der Waals surface area contributed by atoms with E-state index in [1.807, 2.05) is 30.3 Å². The maximum Gasteiger partial charge on any atom is 0.255 e. The number of pyridine rings is 1. The number of imide groups is 1. The number of fused-ring (bicyclic) bond motifs is 2. The average Bonchev–Trinajstić information content (AvgIpc) is 3.99. The molecule has 4 saturated heterocycles. The number of piperazine rings is 1. The van der Waals surface area contributed by atoms with Gasteiger partial charge in [-0.1, -0.05) is 26.0 Å². The Bertz CT molecular complexity index is 2890. The number of benzene rings is 3. The summed E-state index contributed by atoms with van der Waals surface area (Å²) in [4.78, 5) is 63.9. The van der Waals surface area contributed by atoms with E-state index >= 15 is 0 Å². The number of anilines is 6. The van der Waals surface area contributed by atoms with Gasteiger partial charge in [-0.05, 0) is 103 Å². The van der Waals surface area contributed by atoms with Crippen LogP contribution in [0.25, 0.3) is 10.9 Å². The van der Waals surface area contributed by atoms with Crippen molar-refractivity contribution in [1.82, 2.24) is 35.0 Å². The van der Waals surface area contributed by atoms with Crippen LogP contribution in [0.3, 0.4) is 0 Å². The molecule has 10 rings (SSSR count). The lowest BCUT2D eigenvalue weighted by Gasteiger charge is -2.44. The summed E-state index contributed by atoms with van der Waals surface area (Å²) in [5.74, 6) is 0.896. The van der Waals surface area contributed by atoms with Gasteiger partial charge in [-0.2, -0.15) is 4.98 Å². The number of aryl methyl sites for hydroxylation is 2. The van der Waals surface area contributed by atoms with Gasteiger partial charge < -0.3 is 34.6 Å². The third-order valence-corrected chi connectivity index (χ3v) is 19.4. The molecular weight excluding hydrogens is 982 g/mol. The number of aromatic nitrogens is 3. The van der Waals surface area contributed by atoms with Gasteiger partial charge in [-0.3, -0.25) is 34.5 Å². The summed E-state index contributed by atoms with van der Waals surface area (Å²) in [6.07, 6.45) is 9.52. The molecule has 16 nitrogen and oxygen atoms in total. The van der Waals surface area contributed by atoms with Crippen molar-refractivity contribution >= 4 is 91.5 Å². The van der Waals surface area contributed by atoms with Gasteiger partial charge in [0.15, 0.2) is 0 Å². The van der Waals surface area contributed by atoms with Gasteiger partial charge in [0.2, 0.25) is 17.8 Å². The van der Waals surface area contributed by atoms with Crippen LogP contribution in [0.4, 0.5) is 34.5 Å². The molecule has 3 aromatic carbocycles. The summed E-state index contributed by atoms with van der Waals surface area (Å²) in [5.41, 5.74) is 8.49. The van der Waals surface area contributed by atoms with Gasteiger partial charge in [-0.15, -0.1) is 0 Å². The SMILES string of the molecule is CCc1ccc2c(P3(=O)CCCC3)c(Nc3nc(Nc4cc(CC)c(N5CCC(N6CCN(CCN(C)c7cccc8c7CN(C7CCC(=O)NC7=O)C8=O)CC6)CC5)cc4OC)ncc3Br)ccc2n1. The van der Waals surface area contributed by atoms with Crippen LogP contribution in [0, 0.1) is 0 Å². The van der Waals surface area contributed by atoms with Crippen molar-refractivity contribution in [1.29, 1.82) is 0 Å². The van der Waals surface area contributed by atoms with Crippen LogP contribution in [0.2, 0.25) is 0 Å². The number of nitrogens with zero attached hydrogens (tertiary/aromatic N) is 8. The van der Waals surface area contributed by atoms with Crippen molar-refractivity contribution in [2.45, 2.75) is 83.8 Å². The molecule has 1 atom stereocenters. The lowest BCUT2D eigenvalue weighted by Crippen LogP contribution is -2.54. The first-order valence-electron chi connectivity index (χ1n) is 25.4. The maximum atomic E-state index is 14.5. The van der Waals surface area contributed by atoms with Crippen LogP contribution in [0.1, 0.15) is 79.6 Å². The first kappa shape index (κ1) is 49.0. The Kier molecular flexibility index (Phi) is 14.4. The standard InChI is InChI=1S/C53H65BrN11O5P/c1-5-34-30-43(58-53-55-32-40(54)50(60-53)57-42-15-14-41-38(13-12-35(6-2)56-41)49(42)71(69)28-7-8-29-71)47(70-4)31-46(34)64-20-18-36(19-21-64)63-26-24-62(25-27-63)23-22-61(3)44-11-9-10-37-39(44)33-65(52(37)68)45-16-17-48(66)59-51(45)67/h9-15,30-32,36,45H,5-8,16-29,33H2,1-4H3,(H,59,66,67)(H2,55,57,58,60). The highest BCUT2D eigenvalue weighted by atomic mass is 79.9. The minimum absolute atomic E-state index is 0.143. The zero-order valence-electron chi connectivity index (χ0n) is 41.3. The summed E-state index contributed by atoms with van der Waals surface area (Å²) in [5, 5.41) is 11.2. The number of hydrogen-bond acceptors (Lipinski definition) is 14. The molecule has 0 radical (unpaired) electrons. The minimum Gasteiger partial charge on any atom is -0.494 e. The Morgan fingerprint density at radius 1 is 0.901 bits per heavy atom. The van der Waals surface area contributed by atoms with Crippen LogP contribution in [0.5, 0.6) is 5.75 Å². The molecule has 18 heteroatoms. The number of carbonyl (C=O) groups is 3. The number of hydrogen-bond donors (Lipinski definition) is 3. The van der Waals surface area contributed by atoms with Crippen molar-refractivity contribution in [3.8, 4) is 5.75 Å². The summed E-state index contributed by atoms with van der Waals surface area (Å²) in [6, 6.07) is 18.2. The Hall–Kier alpha value is -5.61. The molecule has 5 aliphatic heterocycles. The number of carbonyl (C=O) groups excluding carboxylic acids is 3. The summed E-state index contributed by atoms with van der Waals surface area (Å²) in [7, 11) is 1.14. The predicted molar refractivity (Wildman–Crippen MR) is 285 cm³/mol. The van der Waals surface area contributed by atoms with Crippen molar-refractivity contribution in [2.24, 2.45) is 0 Å². The van der Waals surface area contributed by atoms with Crippen molar-refractivity contribution < 1.29 is 23.7 Å². The van der Waals surface area contributed by atoms with E-state index in [1.54, 1.807) is 18.2 Å². The normalized spacial score (nSPS) is 19.8. The Labute approximate surface area is 424 Å². The summed E-state index contributed by atoms with van der Waals surface area (Å²) >= 11 is 3.68. The van der Waals surface area contributed by atoms with Gasteiger partial charge in [0, 0.05) is 142 Å². The largest absolute Gasteiger partial charge is 0.494 e. The molecule has 4 fully saturated rings. The van der Waals surface area contributed by atoms with Gasteiger partial charge in [0.1, 0.15) is 24.8 Å². The molecule has 5 aliphatic rings. The molecule has 0 saturated carbocycles. The van der Waals surface area contributed by atoms with E-state index in [0.717, 1.165) is 141 Å². The van der Waals surface area contributed by atoms with E-state index in [9.17, 15) is 18.9 Å². The van der Waals surface area contributed by atoms with Crippen LogP contribution in [-0.4, -0.2) is 138 Å². The monoisotopic (exact) mass is 1050 g/mol. The zero-order valence-corrected chi connectivity index (χ0v) is 43.8. The fourth-order valence-electron chi connectivity index (χ4n) is 11.4. The lowest BCUT2D eigenvalue weighted by atomic mass is 9.99. The first-order chi connectivity index (χ1) is 34.4. The van der Waals surface area contributed by atoms with Crippen molar-refractivity contribution in [3.63, 3.8) is 0 Å². The van der Waals surface area contributed by atoms with E-state index in [4.69, 9.17) is 14.7 Å². The number of rotatable bonds is 15. The summed E-state index contributed by atoms with van der Waals surface area (Å²) in [6.45, 7) is 12.4. The molecule has 2 aromatic heterocycles. The lowest BCUT2D eigenvalue weighted by molar-refractivity contribution is -0.136. The number of halogens is 1. The van der Waals surface area contributed by atoms with Crippen molar-refractivity contribution in [3.05, 3.63) is 87.7 Å². The van der Waals surface area contributed by atoms with E-state index < -0.39 is 13.2 Å². The average molecular weight is 1050 g/mol. The van der Waals surface area contributed by atoms with Crippen LogP contribution in [0.15, 0.2) is 65.3 Å². The third kappa shape index (κ3) is 9.99. The number of ether oxygens (including phenoxy) is 1. The number of methoxy groups -OCH3 is 1. The second-order valence-electron chi connectivity index (χ2n) is 19.6. The summed E-state index contributed by atoms with van der Waals surface area (Å²) < 4.78 is 21.3. The van der Waals surface area contributed by atoms with E-state index in [1.165, 1.54) is 11.3 Å². The topological polar surface area (TPSA) is 168 Å². The molecule has 3 N–H and O–H groups in total. The van der Waals surface area contributed by atoms with Gasteiger partial charge in [-0.25, -0.2) is 4.98 Å². The van der Waals surface area contributed by atoms with E-state index in [-0.39, 0.29) is 24.1 Å². The number of piperidine rings is 2. The molecule has 71 heavy (non-hydrogen) atoms. The number of likely N-dealkylation sites (N-methyl/N-ethyl adjacent to an activating group) is 1.